The maximum Gasteiger partial charge on any atom is 0.394 e. The third kappa shape index (κ3) is 3.65. The molecule has 9 heteroatoms. The second-order valence-corrected chi connectivity index (χ2v) is 14.7. The lowest BCUT2D eigenvalue weighted by Gasteiger charge is -2.49. The van der Waals surface area contributed by atoms with Gasteiger partial charge in [0.15, 0.2) is 6.23 Å². The van der Waals surface area contributed by atoms with Gasteiger partial charge in [-0.2, -0.15) is 0 Å². The van der Waals surface area contributed by atoms with Gasteiger partial charge >= 0.3 is 20.6 Å². The molecule has 3 heterocycles. The molecule has 0 amide bonds. The summed E-state index contributed by atoms with van der Waals surface area (Å²) in [7, 11) is -3.91. The number of hydrogen-bond acceptors (Lipinski definition) is 7. The number of rotatable bonds is 4. The van der Waals surface area contributed by atoms with Gasteiger partial charge in [-0.15, -0.1) is 0 Å². The van der Waals surface area contributed by atoms with Crippen molar-refractivity contribution in [2.45, 2.75) is 90.0 Å². The minimum Gasteiger partial charge on any atom is -0.463 e. The van der Waals surface area contributed by atoms with Crippen LogP contribution in [0.4, 0.5) is 4.11 Å². The molecule has 0 N–H and O–H groups in total. The van der Waals surface area contributed by atoms with Crippen LogP contribution in [-0.4, -0.2) is 57.4 Å². The van der Waals surface area contributed by atoms with Crippen LogP contribution in [-0.2, 0) is 28.2 Å². The summed E-state index contributed by atoms with van der Waals surface area (Å²) in [6, 6.07) is 0. The highest BCUT2D eigenvalue weighted by molar-refractivity contribution is 6.72. The number of carbonyl (C=O) groups excluding carboxylic acids is 2. The number of aliphatic imine (C=N–C) groups is 1. The fraction of sp³-hybridized carbons (Fsp3) is 0.850. The van der Waals surface area contributed by atoms with Gasteiger partial charge in [-0.05, 0) is 6.92 Å². The highest BCUT2D eigenvalue weighted by atomic mass is 28.4. The molecular formula is C20H32FNO6Si. The van der Waals surface area contributed by atoms with Crippen LogP contribution in [0.15, 0.2) is 4.99 Å². The largest absolute Gasteiger partial charge is 0.463 e. The van der Waals surface area contributed by atoms with Gasteiger partial charge in [0.2, 0.25) is 0 Å². The smallest absolute Gasteiger partial charge is 0.394 e. The summed E-state index contributed by atoms with van der Waals surface area (Å²) in [5.41, 5.74) is 0.648. The molecule has 0 aromatic rings. The van der Waals surface area contributed by atoms with Crippen molar-refractivity contribution in [3.8, 4) is 0 Å². The molecule has 2 saturated heterocycles. The zero-order valence-corrected chi connectivity index (χ0v) is 19.4. The van der Waals surface area contributed by atoms with E-state index in [0.717, 1.165) is 0 Å². The monoisotopic (exact) mass is 429 g/mol. The molecule has 0 radical (unpaired) electrons. The third-order valence-electron chi connectivity index (χ3n) is 6.06. The van der Waals surface area contributed by atoms with Gasteiger partial charge in [0, 0.05) is 22.7 Å². The van der Waals surface area contributed by atoms with E-state index in [9.17, 15) is 9.59 Å². The Morgan fingerprint density at radius 2 is 1.79 bits per heavy atom. The number of nitrogens with zero attached hydrogens (tertiary/aromatic N) is 1. The first kappa shape index (κ1) is 22.4. The summed E-state index contributed by atoms with van der Waals surface area (Å²) >= 11 is 0. The summed E-state index contributed by atoms with van der Waals surface area (Å²) in [5, 5.41) is -1.48. The number of ether oxygens (including phenoxy) is 3. The van der Waals surface area contributed by atoms with Gasteiger partial charge < -0.3 is 18.6 Å². The van der Waals surface area contributed by atoms with Crippen molar-refractivity contribution in [1.29, 1.82) is 0 Å². The van der Waals surface area contributed by atoms with Gasteiger partial charge in [0.1, 0.15) is 30.8 Å². The van der Waals surface area contributed by atoms with Crippen LogP contribution in [0.1, 0.15) is 55.4 Å². The number of carbonyl (C=O) groups is 2. The summed E-state index contributed by atoms with van der Waals surface area (Å²) in [6.45, 7) is 13.9. The second-order valence-electron chi connectivity index (χ2n) is 10.3. The van der Waals surface area contributed by atoms with Crippen LogP contribution in [0.5, 0.6) is 0 Å². The summed E-state index contributed by atoms with van der Waals surface area (Å²) in [5.74, 6) is -1.70. The fourth-order valence-electron chi connectivity index (χ4n) is 4.79. The van der Waals surface area contributed by atoms with E-state index >= 15 is 4.11 Å². The van der Waals surface area contributed by atoms with Crippen molar-refractivity contribution in [3.05, 3.63) is 0 Å². The molecule has 3 aliphatic heterocycles. The molecule has 6 atom stereocenters. The highest BCUT2D eigenvalue weighted by Crippen LogP contribution is 2.55. The Bertz CT molecular complexity index is 713. The van der Waals surface area contributed by atoms with E-state index in [1.165, 1.54) is 6.92 Å². The Balaban J connectivity index is 1.98. The van der Waals surface area contributed by atoms with E-state index in [1.807, 2.05) is 41.5 Å². The normalized spacial score (nSPS) is 34.5. The van der Waals surface area contributed by atoms with E-state index < -0.39 is 55.2 Å². The van der Waals surface area contributed by atoms with Crippen LogP contribution in [0.3, 0.4) is 0 Å². The van der Waals surface area contributed by atoms with Crippen LogP contribution in [0.2, 0.25) is 10.1 Å². The molecule has 0 aliphatic carbocycles. The molecule has 29 heavy (non-hydrogen) atoms. The minimum atomic E-state index is -3.91. The molecule has 164 valence electrons. The van der Waals surface area contributed by atoms with Gasteiger partial charge in [0.25, 0.3) is 0 Å². The maximum atomic E-state index is 16.6. The van der Waals surface area contributed by atoms with Gasteiger partial charge in [0.05, 0.1) is 5.92 Å². The first-order chi connectivity index (χ1) is 13.2. The SMILES string of the molecule is CC(=O)OC[C@H]1O[C@H]2N=C(C)[C@H]3C(=O)O[C@@H]([C@@H]1O[Si](F)(C(C)(C)C)C(C)(C)C)[C@H]32. The molecule has 3 rings (SSSR count). The van der Waals surface area contributed by atoms with Crippen molar-refractivity contribution in [3.63, 3.8) is 0 Å². The average molecular weight is 430 g/mol. The topological polar surface area (TPSA) is 83.4 Å². The lowest BCUT2D eigenvalue weighted by atomic mass is 9.83. The lowest BCUT2D eigenvalue weighted by Crippen LogP contribution is -2.62. The quantitative estimate of drug-likeness (QED) is 0.387. The fourth-order valence-corrected chi connectivity index (χ4v) is 8.41. The highest BCUT2D eigenvalue weighted by Gasteiger charge is 2.66. The van der Waals surface area contributed by atoms with E-state index in [-0.39, 0.29) is 18.5 Å². The Morgan fingerprint density at radius 3 is 2.31 bits per heavy atom. The van der Waals surface area contributed by atoms with Crippen molar-refractivity contribution in [2.75, 3.05) is 6.61 Å². The molecule has 0 spiro atoms. The van der Waals surface area contributed by atoms with Crippen molar-refractivity contribution >= 4 is 26.3 Å². The van der Waals surface area contributed by atoms with E-state index in [2.05, 4.69) is 4.99 Å². The molecule has 3 aliphatic rings. The molecule has 2 fully saturated rings. The Morgan fingerprint density at radius 1 is 1.21 bits per heavy atom. The van der Waals surface area contributed by atoms with Gasteiger partial charge in [-0.3, -0.25) is 18.7 Å². The number of halogens is 1. The molecule has 0 unspecified atom stereocenters. The number of esters is 2. The summed E-state index contributed by atoms with van der Waals surface area (Å²) in [6.07, 6.45) is -2.93. The average Bonchev–Trinajstić information content (AvgIpc) is 3.06. The van der Waals surface area contributed by atoms with Crippen LogP contribution in [0.25, 0.3) is 0 Å². The lowest BCUT2D eigenvalue weighted by molar-refractivity contribution is -0.200. The Labute approximate surface area is 172 Å². The van der Waals surface area contributed by atoms with E-state index in [0.29, 0.717) is 5.71 Å². The molecule has 0 aromatic heterocycles. The molecule has 0 bridgehead atoms. The Hall–Kier alpha value is -1.32. The van der Waals surface area contributed by atoms with Crippen molar-refractivity contribution < 1.29 is 32.3 Å². The molecule has 0 saturated carbocycles. The Kier molecular flexibility index (Phi) is 5.50. The first-order valence-corrected chi connectivity index (χ1v) is 11.9. The molecular weight excluding hydrogens is 397 g/mol. The third-order valence-corrected chi connectivity index (χ3v) is 10.5. The second kappa shape index (κ2) is 7.13. The first-order valence-electron chi connectivity index (χ1n) is 10.1. The summed E-state index contributed by atoms with van der Waals surface area (Å²) < 4.78 is 39.8. The minimum absolute atomic E-state index is 0.116. The predicted octanol–water partition coefficient (Wildman–Crippen LogP) is 3.30. The van der Waals surface area contributed by atoms with Gasteiger partial charge in [-0.25, -0.2) is 0 Å². The standard InChI is InChI=1S/C20H32FNO6Si/c1-10-13-14-16(27-18(13)24)15(12(9-25-11(2)23)26-17(14)22-10)28-29(21,19(3,4)5)20(6,7)8/h12-17H,9H2,1-8H3/t12-,13-,14+,15-,16-,17-/m1/s1. The zero-order chi connectivity index (χ0) is 21.9. The van der Waals surface area contributed by atoms with Crippen LogP contribution < -0.4 is 0 Å². The number of hydrogen-bond donors (Lipinski definition) is 0. The van der Waals surface area contributed by atoms with Crippen LogP contribution in [0, 0.1) is 11.8 Å². The zero-order valence-electron chi connectivity index (χ0n) is 18.4. The molecule has 7 nitrogen and oxygen atoms in total. The predicted molar refractivity (Wildman–Crippen MR) is 106 cm³/mol. The van der Waals surface area contributed by atoms with Crippen molar-refractivity contribution in [2.24, 2.45) is 16.8 Å². The summed E-state index contributed by atoms with van der Waals surface area (Å²) in [4.78, 5) is 28.4. The van der Waals surface area contributed by atoms with Crippen LogP contribution >= 0.6 is 0 Å². The van der Waals surface area contributed by atoms with E-state index in [4.69, 9.17) is 18.6 Å². The van der Waals surface area contributed by atoms with E-state index in [1.54, 1.807) is 6.92 Å². The van der Waals surface area contributed by atoms with Crippen molar-refractivity contribution in [1.82, 2.24) is 0 Å². The van der Waals surface area contributed by atoms with Gasteiger partial charge in [-0.1, -0.05) is 41.5 Å². The maximum absolute atomic E-state index is 16.6. The molecule has 0 aromatic carbocycles.